The van der Waals surface area contributed by atoms with Crippen LogP contribution in [0.1, 0.15) is 38.3 Å². The number of fused-ring (bicyclic) bond motifs is 1. The van der Waals surface area contributed by atoms with Gasteiger partial charge in [-0.15, -0.1) is 0 Å². The second-order valence-corrected chi connectivity index (χ2v) is 6.84. The van der Waals surface area contributed by atoms with Crippen LogP contribution in [0, 0.1) is 5.92 Å². The summed E-state index contributed by atoms with van der Waals surface area (Å²) < 4.78 is 0. The zero-order valence-electron chi connectivity index (χ0n) is 14.1. The smallest absolute Gasteiger partial charge is 0.234 e. The molecule has 1 amide bonds. The van der Waals surface area contributed by atoms with Crippen molar-refractivity contribution in [2.45, 2.75) is 32.7 Å². The fraction of sp³-hybridized carbons (Fsp3) is 0.450. The third kappa shape index (κ3) is 3.91. The first kappa shape index (κ1) is 16.0. The third-order valence-electron chi connectivity index (χ3n) is 4.78. The Morgan fingerprint density at radius 1 is 1.26 bits per heavy atom. The van der Waals surface area contributed by atoms with Gasteiger partial charge in [-0.3, -0.25) is 9.69 Å². The normalized spacial score (nSPS) is 20.3. The molecular weight excluding hydrogens is 284 g/mol. The highest BCUT2D eigenvalue weighted by atomic mass is 16.2. The Hall–Kier alpha value is -1.87. The average molecular weight is 310 g/mol. The van der Waals surface area contributed by atoms with Gasteiger partial charge >= 0.3 is 0 Å². The van der Waals surface area contributed by atoms with E-state index < -0.39 is 0 Å². The summed E-state index contributed by atoms with van der Waals surface area (Å²) in [6, 6.07) is 14.6. The second kappa shape index (κ2) is 7.14. The molecule has 122 valence electrons. The zero-order chi connectivity index (χ0) is 16.2. The highest BCUT2D eigenvalue weighted by Gasteiger charge is 2.19. The van der Waals surface area contributed by atoms with E-state index in [0.717, 1.165) is 13.1 Å². The molecular formula is C20H26N2O. The van der Waals surface area contributed by atoms with Crippen LogP contribution in [0.3, 0.4) is 0 Å². The van der Waals surface area contributed by atoms with Crippen LogP contribution >= 0.6 is 0 Å². The Bertz CT molecular complexity index is 677. The van der Waals surface area contributed by atoms with E-state index in [-0.39, 0.29) is 11.9 Å². The second-order valence-electron chi connectivity index (χ2n) is 6.84. The lowest BCUT2D eigenvalue weighted by atomic mass is 9.99. The van der Waals surface area contributed by atoms with Gasteiger partial charge in [-0.05, 0) is 48.6 Å². The Labute approximate surface area is 138 Å². The van der Waals surface area contributed by atoms with Gasteiger partial charge in [0.1, 0.15) is 0 Å². The first-order chi connectivity index (χ1) is 11.1. The minimum Gasteiger partial charge on any atom is -0.348 e. The minimum absolute atomic E-state index is 0.0239. The van der Waals surface area contributed by atoms with Crippen LogP contribution in [0.2, 0.25) is 0 Å². The number of amides is 1. The maximum Gasteiger partial charge on any atom is 0.234 e. The number of hydrogen-bond donors (Lipinski definition) is 1. The molecule has 1 fully saturated rings. The van der Waals surface area contributed by atoms with Crippen molar-refractivity contribution in [1.29, 1.82) is 0 Å². The SMILES string of the molecule is C[C@H]1CCCN(CC(=O)N[C@H](C)c2cccc3ccccc23)C1. The van der Waals surface area contributed by atoms with E-state index in [1.165, 1.54) is 29.2 Å². The number of piperidine rings is 1. The van der Waals surface area contributed by atoms with Crippen molar-refractivity contribution in [2.24, 2.45) is 5.92 Å². The van der Waals surface area contributed by atoms with Gasteiger partial charge in [-0.1, -0.05) is 49.4 Å². The number of nitrogens with zero attached hydrogens (tertiary/aromatic N) is 1. The van der Waals surface area contributed by atoms with E-state index in [2.05, 4.69) is 60.5 Å². The van der Waals surface area contributed by atoms with E-state index in [9.17, 15) is 4.79 Å². The van der Waals surface area contributed by atoms with Crippen molar-refractivity contribution in [2.75, 3.05) is 19.6 Å². The van der Waals surface area contributed by atoms with Crippen LogP contribution < -0.4 is 5.32 Å². The molecule has 3 heteroatoms. The van der Waals surface area contributed by atoms with Crippen LogP contribution in [0.15, 0.2) is 42.5 Å². The lowest BCUT2D eigenvalue weighted by Crippen LogP contribution is -2.42. The molecule has 0 aliphatic carbocycles. The average Bonchev–Trinajstić information content (AvgIpc) is 2.54. The molecule has 3 rings (SSSR count). The van der Waals surface area contributed by atoms with Crippen LogP contribution in [-0.2, 0) is 4.79 Å². The lowest BCUT2D eigenvalue weighted by Gasteiger charge is -2.30. The van der Waals surface area contributed by atoms with Crippen molar-refractivity contribution < 1.29 is 4.79 Å². The van der Waals surface area contributed by atoms with E-state index >= 15 is 0 Å². The molecule has 2 aromatic rings. The van der Waals surface area contributed by atoms with Gasteiger partial charge in [0.2, 0.25) is 5.91 Å². The quantitative estimate of drug-likeness (QED) is 0.933. The minimum atomic E-state index is 0.0239. The summed E-state index contributed by atoms with van der Waals surface area (Å²) in [7, 11) is 0. The maximum atomic E-state index is 12.4. The number of benzene rings is 2. The molecule has 1 saturated heterocycles. The van der Waals surface area contributed by atoms with Gasteiger partial charge < -0.3 is 5.32 Å². The number of hydrogen-bond acceptors (Lipinski definition) is 2. The van der Waals surface area contributed by atoms with Crippen molar-refractivity contribution in [3.63, 3.8) is 0 Å². The molecule has 0 unspecified atom stereocenters. The highest BCUT2D eigenvalue weighted by molar-refractivity contribution is 5.87. The molecule has 0 aromatic heterocycles. The molecule has 1 heterocycles. The third-order valence-corrected chi connectivity index (χ3v) is 4.78. The van der Waals surface area contributed by atoms with Crippen LogP contribution in [0.25, 0.3) is 10.8 Å². The molecule has 1 aliphatic heterocycles. The van der Waals surface area contributed by atoms with E-state index in [4.69, 9.17) is 0 Å². The summed E-state index contributed by atoms with van der Waals surface area (Å²) in [5.41, 5.74) is 1.18. The Balaban J connectivity index is 1.66. The molecule has 23 heavy (non-hydrogen) atoms. The van der Waals surface area contributed by atoms with Gasteiger partial charge in [0.05, 0.1) is 12.6 Å². The fourth-order valence-corrected chi connectivity index (χ4v) is 3.63. The Morgan fingerprint density at radius 2 is 2.04 bits per heavy atom. The molecule has 0 bridgehead atoms. The van der Waals surface area contributed by atoms with Gasteiger partial charge in [-0.25, -0.2) is 0 Å². The maximum absolute atomic E-state index is 12.4. The monoisotopic (exact) mass is 310 g/mol. The van der Waals surface area contributed by atoms with Crippen molar-refractivity contribution in [3.05, 3.63) is 48.0 Å². The topological polar surface area (TPSA) is 32.3 Å². The molecule has 0 radical (unpaired) electrons. The summed E-state index contributed by atoms with van der Waals surface area (Å²) in [4.78, 5) is 14.7. The summed E-state index contributed by atoms with van der Waals surface area (Å²) in [6.07, 6.45) is 2.48. The predicted octanol–water partition coefficient (Wildman–Crippen LogP) is 3.75. The van der Waals surface area contributed by atoms with Gasteiger partial charge in [0, 0.05) is 6.54 Å². The van der Waals surface area contributed by atoms with Gasteiger partial charge in [-0.2, -0.15) is 0 Å². The first-order valence-corrected chi connectivity index (χ1v) is 8.63. The number of likely N-dealkylation sites (tertiary alicyclic amines) is 1. The number of rotatable bonds is 4. The van der Waals surface area contributed by atoms with Crippen LogP contribution in [-0.4, -0.2) is 30.4 Å². The number of nitrogens with one attached hydrogen (secondary N) is 1. The molecule has 2 atom stereocenters. The van der Waals surface area contributed by atoms with Crippen LogP contribution in [0.4, 0.5) is 0 Å². The summed E-state index contributed by atoms with van der Waals surface area (Å²) in [5.74, 6) is 0.826. The summed E-state index contributed by atoms with van der Waals surface area (Å²) in [5, 5.41) is 5.61. The summed E-state index contributed by atoms with van der Waals surface area (Å²) in [6.45, 7) is 6.93. The van der Waals surface area contributed by atoms with Gasteiger partial charge in [0.25, 0.3) is 0 Å². The van der Waals surface area contributed by atoms with Crippen molar-refractivity contribution in [3.8, 4) is 0 Å². The molecule has 3 nitrogen and oxygen atoms in total. The zero-order valence-corrected chi connectivity index (χ0v) is 14.1. The lowest BCUT2D eigenvalue weighted by molar-refractivity contribution is -0.123. The predicted molar refractivity (Wildman–Crippen MR) is 95.3 cm³/mol. The Kier molecular flexibility index (Phi) is 4.97. The van der Waals surface area contributed by atoms with Crippen LogP contribution in [0.5, 0.6) is 0 Å². The Morgan fingerprint density at radius 3 is 2.87 bits per heavy atom. The van der Waals surface area contributed by atoms with Gasteiger partial charge in [0.15, 0.2) is 0 Å². The number of carbonyl (C=O) groups is 1. The summed E-state index contributed by atoms with van der Waals surface area (Å²) >= 11 is 0. The highest BCUT2D eigenvalue weighted by Crippen LogP contribution is 2.24. The molecule has 2 aromatic carbocycles. The largest absolute Gasteiger partial charge is 0.348 e. The van der Waals surface area contributed by atoms with E-state index in [1.54, 1.807) is 0 Å². The molecule has 1 aliphatic rings. The van der Waals surface area contributed by atoms with E-state index in [0.29, 0.717) is 12.5 Å². The molecule has 0 saturated carbocycles. The van der Waals surface area contributed by atoms with E-state index in [1.807, 2.05) is 6.07 Å². The van der Waals surface area contributed by atoms with Crippen molar-refractivity contribution >= 4 is 16.7 Å². The first-order valence-electron chi connectivity index (χ1n) is 8.63. The fourth-order valence-electron chi connectivity index (χ4n) is 3.63. The van der Waals surface area contributed by atoms with Crippen molar-refractivity contribution in [1.82, 2.24) is 10.2 Å². The molecule has 1 N–H and O–H groups in total. The molecule has 0 spiro atoms. The standard InChI is InChI=1S/C20H26N2O/c1-15-7-6-12-22(13-15)14-20(23)21-16(2)18-11-5-9-17-8-3-4-10-19(17)18/h3-5,8-11,15-16H,6-7,12-14H2,1-2H3,(H,21,23)/t15-,16+/m0/s1. The number of carbonyl (C=O) groups excluding carboxylic acids is 1.